The molecule has 0 spiro atoms. The van der Waals surface area contributed by atoms with Crippen LogP contribution in [0.2, 0.25) is 0 Å². The molecule has 2 aliphatic rings. The van der Waals surface area contributed by atoms with Crippen molar-refractivity contribution in [3.8, 4) is 11.5 Å². The van der Waals surface area contributed by atoms with Crippen molar-refractivity contribution in [3.05, 3.63) is 66.5 Å². The van der Waals surface area contributed by atoms with Gasteiger partial charge >= 0.3 is 0 Å². The molecule has 5 rings (SSSR count). The highest BCUT2D eigenvalue weighted by atomic mass is 16.7. The number of aromatic nitrogens is 2. The number of piperazine rings is 1. The molecule has 10 heteroatoms. The average molecular weight is 460 g/mol. The third-order valence-electron chi connectivity index (χ3n) is 5.65. The number of carbonyl (C=O) groups is 2. The normalized spacial score (nSPS) is 15.1. The Morgan fingerprint density at radius 3 is 2.47 bits per heavy atom. The molecule has 0 aliphatic carbocycles. The second-order valence-corrected chi connectivity index (χ2v) is 7.93. The number of rotatable bonds is 6. The first-order valence-corrected chi connectivity index (χ1v) is 11.0. The van der Waals surface area contributed by atoms with Crippen molar-refractivity contribution in [3.63, 3.8) is 0 Å². The Hall–Kier alpha value is -4.18. The second kappa shape index (κ2) is 9.75. The summed E-state index contributed by atoms with van der Waals surface area (Å²) in [5.41, 5.74) is 1.41. The Morgan fingerprint density at radius 1 is 0.882 bits per heavy atom. The summed E-state index contributed by atoms with van der Waals surface area (Å²) in [4.78, 5) is 38.4. The maximum absolute atomic E-state index is 12.9. The molecule has 0 radical (unpaired) electrons. The highest BCUT2D eigenvalue weighted by Gasteiger charge is 2.22. The molecule has 34 heavy (non-hydrogen) atoms. The summed E-state index contributed by atoms with van der Waals surface area (Å²) in [6.45, 7) is 3.33. The molecule has 2 N–H and O–H groups in total. The van der Waals surface area contributed by atoms with Crippen molar-refractivity contribution in [2.45, 2.75) is 0 Å². The first kappa shape index (κ1) is 21.7. The van der Waals surface area contributed by atoms with Gasteiger partial charge in [0.1, 0.15) is 0 Å². The van der Waals surface area contributed by atoms with Gasteiger partial charge in [-0.15, -0.1) is 0 Å². The van der Waals surface area contributed by atoms with Gasteiger partial charge in [-0.25, -0.2) is 9.97 Å². The summed E-state index contributed by atoms with van der Waals surface area (Å²) in [5, 5.41) is 5.73. The zero-order valence-electron chi connectivity index (χ0n) is 18.4. The molecule has 2 aliphatic heterocycles. The number of benzene rings is 2. The van der Waals surface area contributed by atoms with Crippen LogP contribution < -0.4 is 25.0 Å². The van der Waals surface area contributed by atoms with E-state index in [1.807, 2.05) is 0 Å². The fourth-order valence-electron chi connectivity index (χ4n) is 3.92. The van der Waals surface area contributed by atoms with E-state index >= 15 is 0 Å². The van der Waals surface area contributed by atoms with Crippen molar-refractivity contribution in [1.82, 2.24) is 14.9 Å². The number of anilines is 3. The van der Waals surface area contributed by atoms with Gasteiger partial charge in [0, 0.05) is 50.3 Å². The quantitative estimate of drug-likeness (QED) is 0.577. The number of ether oxygens (including phenoxy) is 2. The molecular formula is C24H24N6O4. The predicted molar refractivity (Wildman–Crippen MR) is 126 cm³/mol. The van der Waals surface area contributed by atoms with Crippen LogP contribution in [0, 0.1) is 0 Å². The van der Waals surface area contributed by atoms with Gasteiger partial charge in [-0.1, -0.05) is 12.1 Å². The van der Waals surface area contributed by atoms with E-state index in [9.17, 15) is 9.59 Å². The van der Waals surface area contributed by atoms with Crippen molar-refractivity contribution >= 4 is 29.1 Å². The van der Waals surface area contributed by atoms with E-state index in [4.69, 9.17) is 9.47 Å². The Balaban J connectivity index is 1.17. The maximum atomic E-state index is 12.9. The van der Waals surface area contributed by atoms with Crippen molar-refractivity contribution in [2.75, 3.05) is 55.1 Å². The summed E-state index contributed by atoms with van der Waals surface area (Å²) in [6.07, 6.45) is 3.45. The molecule has 1 aromatic heterocycles. The Labute approximate surface area is 196 Å². The topological polar surface area (TPSA) is 109 Å². The molecule has 2 amide bonds. The van der Waals surface area contributed by atoms with Gasteiger partial charge in [0.25, 0.3) is 5.91 Å². The summed E-state index contributed by atoms with van der Waals surface area (Å²) >= 11 is 0. The van der Waals surface area contributed by atoms with Gasteiger partial charge in [0.2, 0.25) is 18.6 Å². The molecule has 1 fully saturated rings. The highest BCUT2D eigenvalue weighted by Crippen LogP contribution is 2.34. The van der Waals surface area contributed by atoms with Crippen LogP contribution in [-0.2, 0) is 4.79 Å². The smallest absolute Gasteiger partial charge is 0.257 e. The molecule has 10 nitrogen and oxygen atoms in total. The van der Waals surface area contributed by atoms with Crippen molar-refractivity contribution in [2.24, 2.45) is 0 Å². The number of carbonyl (C=O) groups excluding carboxylic acids is 2. The van der Waals surface area contributed by atoms with Crippen molar-refractivity contribution in [1.29, 1.82) is 0 Å². The van der Waals surface area contributed by atoms with Crippen LogP contribution in [0.4, 0.5) is 17.3 Å². The van der Waals surface area contributed by atoms with Crippen LogP contribution >= 0.6 is 0 Å². The Kier molecular flexibility index (Phi) is 6.21. The van der Waals surface area contributed by atoms with Gasteiger partial charge in [-0.2, -0.15) is 0 Å². The van der Waals surface area contributed by atoms with E-state index in [2.05, 4.69) is 30.4 Å². The van der Waals surface area contributed by atoms with E-state index in [-0.39, 0.29) is 25.2 Å². The van der Waals surface area contributed by atoms with Gasteiger partial charge in [0.05, 0.1) is 17.8 Å². The second-order valence-electron chi connectivity index (χ2n) is 7.93. The van der Waals surface area contributed by atoms with E-state index in [0.717, 1.165) is 26.2 Å². The maximum Gasteiger partial charge on any atom is 0.257 e. The summed E-state index contributed by atoms with van der Waals surface area (Å²) in [6, 6.07) is 13.9. The Bertz CT molecular complexity index is 1180. The van der Waals surface area contributed by atoms with E-state index < -0.39 is 0 Å². The SMILES string of the molecule is O=C(CN1CCN(c2ncccn2)CC1)Nc1ccccc1C(=O)Nc1ccc2c(c1)OCO2. The van der Waals surface area contributed by atoms with Gasteiger partial charge in [-0.05, 0) is 30.3 Å². The number of nitrogens with one attached hydrogen (secondary N) is 2. The monoisotopic (exact) mass is 460 g/mol. The molecule has 0 unspecified atom stereocenters. The molecule has 174 valence electrons. The first-order valence-electron chi connectivity index (χ1n) is 11.0. The lowest BCUT2D eigenvalue weighted by atomic mass is 10.1. The van der Waals surface area contributed by atoms with Gasteiger partial charge in [-0.3, -0.25) is 14.5 Å². The number of para-hydroxylation sites is 1. The third-order valence-corrected chi connectivity index (χ3v) is 5.65. The fraction of sp³-hybridized carbons (Fsp3) is 0.250. The Morgan fingerprint density at radius 2 is 1.65 bits per heavy atom. The molecule has 0 bridgehead atoms. The molecular weight excluding hydrogens is 436 g/mol. The zero-order valence-corrected chi connectivity index (χ0v) is 18.4. The number of hydrogen-bond acceptors (Lipinski definition) is 8. The molecule has 3 aromatic rings. The van der Waals surface area contributed by atoms with Crippen LogP contribution in [0.15, 0.2) is 60.9 Å². The largest absolute Gasteiger partial charge is 0.454 e. The fourth-order valence-corrected chi connectivity index (χ4v) is 3.92. The van der Waals surface area contributed by atoms with Crippen LogP contribution in [0.25, 0.3) is 0 Å². The highest BCUT2D eigenvalue weighted by molar-refractivity contribution is 6.10. The van der Waals surface area contributed by atoms with Crippen LogP contribution in [0.5, 0.6) is 11.5 Å². The lowest BCUT2D eigenvalue weighted by Gasteiger charge is -2.34. The zero-order chi connectivity index (χ0) is 23.3. The van der Waals surface area contributed by atoms with Crippen LogP contribution in [0.1, 0.15) is 10.4 Å². The molecule has 2 aromatic carbocycles. The number of nitrogens with zero attached hydrogens (tertiary/aromatic N) is 4. The summed E-state index contributed by atoms with van der Waals surface area (Å²) < 4.78 is 10.7. The predicted octanol–water partition coefficient (Wildman–Crippen LogP) is 2.22. The molecule has 0 atom stereocenters. The lowest BCUT2D eigenvalue weighted by Crippen LogP contribution is -2.49. The van der Waals surface area contributed by atoms with E-state index in [0.29, 0.717) is 34.4 Å². The summed E-state index contributed by atoms with van der Waals surface area (Å²) in [7, 11) is 0. The molecule has 0 saturated carbocycles. The standard InChI is InChI=1S/C24H24N6O4/c31-22(15-29-10-12-30(13-11-29)24-25-8-3-9-26-24)28-19-5-2-1-4-18(19)23(32)27-17-6-7-20-21(14-17)34-16-33-20/h1-9,14H,10-13,15-16H2,(H,27,32)(H,28,31). The minimum Gasteiger partial charge on any atom is -0.454 e. The molecule has 3 heterocycles. The number of amides is 2. The molecule has 1 saturated heterocycles. The van der Waals surface area contributed by atoms with Crippen molar-refractivity contribution < 1.29 is 19.1 Å². The van der Waals surface area contributed by atoms with E-state index in [1.54, 1.807) is 60.9 Å². The van der Waals surface area contributed by atoms with Gasteiger partial charge < -0.3 is 25.0 Å². The van der Waals surface area contributed by atoms with Crippen LogP contribution in [-0.4, -0.2) is 66.2 Å². The third kappa shape index (κ3) is 4.91. The minimum atomic E-state index is -0.328. The minimum absolute atomic E-state index is 0.163. The lowest BCUT2D eigenvalue weighted by molar-refractivity contribution is -0.117. The van der Waals surface area contributed by atoms with E-state index in [1.165, 1.54) is 0 Å². The first-order chi connectivity index (χ1) is 16.7. The number of hydrogen-bond donors (Lipinski definition) is 2. The average Bonchev–Trinajstić information content (AvgIpc) is 3.33. The summed E-state index contributed by atoms with van der Waals surface area (Å²) in [5.74, 6) is 1.43. The van der Waals surface area contributed by atoms with Crippen LogP contribution in [0.3, 0.4) is 0 Å². The van der Waals surface area contributed by atoms with Gasteiger partial charge in [0.15, 0.2) is 11.5 Å². The number of fused-ring (bicyclic) bond motifs is 1.